The van der Waals surface area contributed by atoms with Gasteiger partial charge in [-0.1, -0.05) is 25.1 Å². The predicted molar refractivity (Wildman–Crippen MR) is 102 cm³/mol. The van der Waals surface area contributed by atoms with Gasteiger partial charge in [0.05, 0.1) is 19.8 Å². The zero-order valence-corrected chi connectivity index (χ0v) is 16.1. The van der Waals surface area contributed by atoms with E-state index in [9.17, 15) is 9.59 Å². The Morgan fingerprint density at radius 2 is 1.59 bits per heavy atom. The molecular weight excluding hydrogens is 346 g/mol. The predicted octanol–water partition coefficient (Wildman–Crippen LogP) is 0.631. The van der Waals surface area contributed by atoms with Crippen LogP contribution in [0.2, 0.25) is 0 Å². The summed E-state index contributed by atoms with van der Waals surface area (Å²) in [5, 5.41) is 0. The molecule has 148 valence electrons. The number of nitrogens with zero attached hydrogens (tertiary/aromatic N) is 3. The van der Waals surface area contributed by atoms with Gasteiger partial charge in [0.1, 0.15) is 5.75 Å². The molecule has 0 bridgehead atoms. The Hall–Kier alpha value is -2.12. The van der Waals surface area contributed by atoms with E-state index in [1.165, 1.54) is 0 Å². The second kappa shape index (κ2) is 9.71. The summed E-state index contributed by atoms with van der Waals surface area (Å²) in [7, 11) is 0. The molecule has 2 saturated heterocycles. The van der Waals surface area contributed by atoms with Gasteiger partial charge >= 0.3 is 0 Å². The summed E-state index contributed by atoms with van der Waals surface area (Å²) in [6, 6.07) is 7.80. The summed E-state index contributed by atoms with van der Waals surface area (Å²) in [4.78, 5) is 30.6. The fourth-order valence-electron chi connectivity index (χ4n) is 3.42. The Kier molecular flexibility index (Phi) is 7.06. The summed E-state index contributed by atoms with van der Waals surface area (Å²) in [6.45, 7) is 7.83. The van der Waals surface area contributed by atoms with Crippen LogP contribution in [-0.4, -0.2) is 92.1 Å². The van der Waals surface area contributed by atoms with Crippen molar-refractivity contribution in [3.8, 4) is 5.75 Å². The van der Waals surface area contributed by atoms with Crippen LogP contribution in [-0.2, 0) is 20.7 Å². The molecular formula is C20H29N3O4. The Balaban J connectivity index is 1.41. The Morgan fingerprint density at radius 3 is 2.26 bits per heavy atom. The first-order valence-corrected chi connectivity index (χ1v) is 9.73. The number of hydrogen-bond acceptors (Lipinski definition) is 5. The molecule has 1 aromatic carbocycles. The van der Waals surface area contributed by atoms with Gasteiger partial charge in [-0.05, 0) is 18.1 Å². The number of benzene rings is 1. The van der Waals surface area contributed by atoms with Gasteiger partial charge in [0.25, 0.3) is 5.91 Å². The second-order valence-electron chi connectivity index (χ2n) is 6.90. The fourth-order valence-corrected chi connectivity index (χ4v) is 3.42. The van der Waals surface area contributed by atoms with Crippen molar-refractivity contribution < 1.29 is 19.1 Å². The summed E-state index contributed by atoms with van der Waals surface area (Å²) in [6.07, 6.45) is 0.869. The van der Waals surface area contributed by atoms with Crippen molar-refractivity contribution in [2.75, 3.05) is 65.6 Å². The van der Waals surface area contributed by atoms with Crippen molar-refractivity contribution in [1.29, 1.82) is 0 Å². The van der Waals surface area contributed by atoms with Crippen LogP contribution in [0.5, 0.6) is 5.75 Å². The zero-order chi connectivity index (χ0) is 19.1. The van der Waals surface area contributed by atoms with Crippen molar-refractivity contribution in [1.82, 2.24) is 14.7 Å². The first kappa shape index (κ1) is 19.6. The van der Waals surface area contributed by atoms with E-state index in [0.29, 0.717) is 45.9 Å². The SMILES string of the molecule is CCc1ccccc1OCC(=O)N1CCN(C(=O)CN2CCOCC2)CC1. The minimum absolute atomic E-state index is 0.0267. The number of amides is 2. The average molecular weight is 375 g/mol. The Bertz CT molecular complexity index is 638. The monoisotopic (exact) mass is 375 g/mol. The minimum Gasteiger partial charge on any atom is -0.483 e. The number of carbonyl (C=O) groups is 2. The van der Waals surface area contributed by atoms with E-state index in [2.05, 4.69) is 11.8 Å². The molecule has 2 aliphatic heterocycles. The molecule has 0 spiro atoms. The van der Waals surface area contributed by atoms with E-state index in [0.717, 1.165) is 30.8 Å². The van der Waals surface area contributed by atoms with Crippen molar-refractivity contribution in [3.05, 3.63) is 29.8 Å². The van der Waals surface area contributed by atoms with Gasteiger partial charge in [0, 0.05) is 39.3 Å². The molecule has 2 aliphatic rings. The lowest BCUT2D eigenvalue weighted by atomic mass is 10.1. The quantitative estimate of drug-likeness (QED) is 0.730. The lowest BCUT2D eigenvalue weighted by Crippen LogP contribution is -2.54. The summed E-state index contributed by atoms with van der Waals surface area (Å²) >= 11 is 0. The highest BCUT2D eigenvalue weighted by atomic mass is 16.5. The second-order valence-corrected chi connectivity index (χ2v) is 6.90. The van der Waals surface area contributed by atoms with Gasteiger partial charge in [-0.2, -0.15) is 0 Å². The summed E-state index contributed by atoms with van der Waals surface area (Å²) in [5.41, 5.74) is 1.10. The molecule has 0 unspecified atom stereocenters. The van der Waals surface area contributed by atoms with E-state index in [1.807, 2.05) is 29.2 Å². The van der Waals surface area contributed by atoms with Crippen LogP contribution in [0.1, 0.15) is 12.5 Å². The van der Waals surface area contributed by atoms with E-state index in [1.54, 1.807) is 4.90 Å². The van der Waals surface area contributed by atoms with Crippen molar-refractivity contribution in [2.24, 2.45) is 0 Å². The number of hydrogen-bond donors (Lipinski definition) is 0. The lowest BCUT2D eigenvalue weighted by Gasteiger charge is -2.36. The zero-order valence-electron chi connectivity index (χ0n) is 16.1. The topological polar surface area (TPSA) is 62.3 Å². The van der Waals surface area contributed by atoms with Crippen LogP contribution < -0.4 is 4.74 Å². The third-order valence-electron chi connectivity index (χ3n) is 5.15. The molecule has 0 radical (unpaired) electrons. The van der Waals surface area contributed by atoms with Gasteiger partial charge in [0.2, 0.25) is 5.91 Å². The smallest absolute Gasteiger partial charge is 0.260 e. The molecule has 7 nitrogen and oxygen atoms in total. The van der Waals surface area contributed by atoms with E-state index in [4.69, 9.17) is 9.47 Å². The highest BCUT2D eigenvalue weighted by Crippen LogP contribution is 2.18. The average Bonchev–Trinajstić information content (AvgIpc) is 2.73. The van der Waals surface area contributed by atoms with Crippen molar-refractivity contribution >= 4 is 11.8 Å². The fraction of sp³-hybridized carbons (Fsp3) is 0.600. The van der Waals surface area contributed by atoms with Crippen LogP contribution in [0.4, 0.5) is 0 Å². The first-order valence-electron chi connectivity index (χ1n) is 9.73. The largest absolute Gasteiger partial charge is 0.483 e. The van der Waals surface area contributed by atoms with Crippen LogP contribution >= 0.6 is 0 Å². The van der Waals surface area contributed by atoms with Gasteiger partial charge in [0.15, 0.2) is 6.61 Å². The van der Waals surface area contributed by atoms with E-state index in [-0.39, 0.29) is 18.4 Å². The molecule has 0 N–H and O–H groups in total. The van der Waals surface area contributed by atoms with Gasteiger partial charge in [-0.3, -0.25) is 14.5 Å². The molecule has 0 atom stereocenters. The molecule has 7 heteroatoms. The molecule has 27 heavy (non-hydrogen) atoms. The first-order chi connectivity index (χ1) is 13.2. The van der Waals surface area contributed by atoms with Crippen LogP contribution in [0.15, 0.2) is 24.3 Å². The third-order valence-corrected chi connectivity index (χ3v) is 5.15. The highest BCUT2D eigenvalue weighted by Gasteiger charge is 2.25. The minimum atomic E-state index is -0.0267. The number of carbonyl (C=O) groups excluding carboxylic acids is 2. The maximum absolute atomic E-state index is 12.4. The van der Waals surface area contributed by atoms with Gasteiger partial charge < -0.3 is 19.3 Å². The summed E-state index contributed by atoms with van der Waals surface area (Å²) in [5.74, 6) is 0.881. The maximum atomic E-state index is 12.4. The summed E-state index contributed by atoms with van der Waals surface area (Å²) < 4.78 is 11.0. The van der Waals surface area contributed by atoms with Crippen LogP contribution in [0, 0.1) is 0 Å². The van der Waals surface area contributed by atoms with Gasteiger partial charge in [-0.25, -0.2) is 0 Å². The molecule has 0 aliphatic carbocycles. The van der Waals surface area contributed by atoms with Crippen molar-refractivity contribution in [2.45, 2.75) is 13.3 Å². The van der Waals surface area contributed by atoms with E-state index >= 15 is 0 Å². The Labute approximate surface area is 160 Å². The number of morpholine rings is 1. The van der Waals surface area contributed by atoms with E-state index < -0.39 is 0 Å². The number of rotatable bonds is 6. The molecule has 0 saturated carbocycles. The van der Waals surface area contributed by atoms with Crippen LogP contribution in [0.3, 0.4) is 0 Å². The molecule has 2 amide bonds. The molecule has 1 aromatic rings. The lowest BCUT2D eigenvalue weighted by molar-refractivity contribution is -0.141. The number of ether oxygens (including phenoxy) is 2. The Morgan fingerprint density at radius 1 is 0.963 bits per heavy atom. The molecule has 0 aromatic heterocycles. The molecule has 3 rings (SSSR count). The maximum Gasteiger partial charge on any atom is 0.260 e. The number of piperazine rings is 1. The molecule has 2 fully saturated rings. The third kappa shape index (κ3) is 5.43. The number of para-hydroxylation sites is 1. The highest BCUT2D eigenvalue weighted by molar-refractivity contribution is 5.80. The van der Waals surface area contributed by atoms with Gasteiger partial charge in [-0.15, -0.1) is 0 Å². The standard InChI is InChI=1S/C20H29N3O4/c1-2-17-5-3-4-6-18(17)27-16-20(25)23-9-7-22(8-10-23)19(24)15-21-11-13-26-14-12-21/h3-6H,2,7-16H2,1H3. The van der Waals surface area contributed by atoms with Crippen molar-refractivity contribution in [3.63, 3.8) is 0 Å². The normalized spacial score (nSPS) is 18.4. The van der Waals surface area contributed by atoms with Crippen LogP contribution in [0.25, 0.3) is 0 Å². The molecule has 2 heterocycles. The number of aryl methyl sites for hydroxylation is 1.